The number of amides is 2. The van der Waals surface area contributed by atoms with Gasteiger partial charge in [0.15, 0.2) is 0 Å². The van der Waals surface area contributed by atoms with Crippen molar-refractivity contribution in [3.63, 3.8) is 0 Å². The van der Waals surface area contributed by atoms with Crippen LogP contribution in [-0.2, 0) is 11.2 Å². The number of hydrogen-bond acceptors (Lipinski definition) is 5. The summed E-state index contributed by atoms with van der Waals surface area (Å²) in [7, 11) is 0. The highest BCUT2D eigenvalue weighted by atomic mass is 16.5. The van der Waals surface area contributed by atoms with Crippen LogP contribution in [0.5, 0.6) is 5.75 Å². The lowest BCUT2D eigenvalue weighted by atomic mass is 10.1. The van der Waals surface area contributed by atoms with Crippen molar-refractivity contribution in [2.75, 3.05) is 39.3 Å². The molecule has 0 aliphatic carbocycles. The molecule has 0 saturated carbocycles. The number of aromatic nitrogens is 2. The van der Waals surface area contributed by atoms with Gasteiger partial charge >= 0.3 is 0 Å². The van der Waals surface area contributed by atoms with Crippen molar-refractivity contribution in [1.29, 1.82) is 0 Å². The minimum atomic E-state index is -0.0225. The lowest BCUT2D eigenvalue weighted by Gasteiger charge is -2.28. The van der Waals surface area contributed by atoms with E-state index in [1.807, 2.05) is 42.5 Å². The van der Waals surface area contributed by atoms with E-state index in [-0.39, 0.29) is 11.8 Å². The maximum atomic E-state index is 12.9. The van der Waals surface area contributed by atoms with Gasteiger partial charge in [-0.15, -0.1) is 0 Å². The summed E-state index contributed by atoms with van der Waals surface area (Å²) >= 11 is 0. The Morgan fingerprint density at radius 2 is 1.87 bits per heavy atom. The van der Waals surface area contributed by atoms with Crippen LogP contribution in [0.3, 0.4) is 0 Å². The summed E-state index contributed by atoms with van der Waals surface area (Å²) in [5.74, 6) is 1.04. The van der Waals surface area contributed by atoms with Gasteiger partial charge in [-0.05, 0) is 87.7 Å². The lowest BCUT2D eigenvalue weighted by molar-refractivity contribution is -0.132. The van der Waals surface area contributed by atoms with E-state index in [9.17, 15) is 9.59 Å². The monoisotopic (exact) mass is 527 g/mol. The van der Waals surface area contributed by atoms with Crippen molar-refractivity contribution < 1.29 is 14.3 Å². The van der Waals surface area contributed by atoms with E-state index in [2.05, 4.69) is 25.1 Å². The third-order valence-electron chi connectivity index (χ3n) is 8.19. The number of nitrogens with one attached hydrogen (secondary N) is 2. The van der Waals surface area contributed by atoms with E-state index >= 15 is 0 Å². The molecule has 0 radical (unpaired) electrons. The van der Waals surface area contributed by atoms with Crippen LogP contribution in [0.4, 0.5) is 0 Å². The number of carbonyl (C=O) groups is 2. The summed E-state index contributed by atoms with van der Waals surface area (Å²) in [6.45, 7) is 5.49. The zero-order chi connectivity index (χ0) is 26.6. The first-order chi connectivity index (χ1) is 19.1. The number of benzene rings is 1. The first-order valence-corrected chi connectivity index (χ1v) is 14.4. The molecule has 1 aromatic carbocycles. The largest absolute Gasteiger partial charge is 0.494 e. The third-order valence-corrected chi connectivity index (χ3v) is 8.19. The predicted molar refractivity (Wildman–Crippen MR) is 151 cm³/mol. The van der Waals surface area contributed by atoms with E-state index in [0.717, 1.165) is 78.3 Å². The summed E-state index contributed by atoms with van der Waals surface area (Å²) in [4.78, 5) is 37.6. The molecule has 2 N–H and O–H groups in total. The number of pyridine rings is 1. The van der Waals surface area contributed by atoms with Crippen LogP contribution in [0.2, 0.25) is 0 Å². The van der Waals surface area contributed by atoms with Gasteiger partial charge in [0.1, 0.15) is 5.75 Å². The minimum absolute atomic E-state index is 0.0225. The molecule has 1 atom stereocenters. The Kier molecular flexibility index (Phi) is 7.63. The molecule has 204 valence electrons. The van der Waals surface area contributed by atoms with Gasteiger partial charge in [-0.2, -0.15) is 0 Å². The summed E-state index contributed by atoms with van der Waals surface area (Å²) < 4.78 is 5.95. The Morgan fingerprint density at radius 3 is 2.69 bits per heavy atom. The molecule has 8 heteroatoms. The molecule has 2 aromatic heterocycles. The van der Waals surface area contributed by atoms with Gasteiger partial charge in [-0.1, -0.05) is 0 Å². The van der Waals surface area contributed by atoms with Crippen molar-refractivity contribution >= 4 is 11.8 Å². The number of nitrogens with zero attached hydrogens (tertiary/aromatic N) is 3. The van der Waals surface area contributed by atoms with Crippen molar-refractivity contribution in [1.82, 2.24) is 25.1 Å². The van der Waals surface area contributed by atoms with Crippen LogP contribution < -0.4 is 10.1 Å². The second-order valence-electron chi connectivity index (χ2n) is 10.9. The summed E-state index contributed by atoms with van der Waals surface area (Å²) in [5, 5.41) is 2.89. The van der Waals surface area contributed by atoms with Crippen molar-refractivity contribution in [2.24, 2.45) is 0 Å². The third kappa shape index (κ3) is 5.86. The van der Waals surface area contributed by atoms with Gasteiger partial charge in [-0.3, -0.25) is 14.6 Å². The van der Waals surface area contributed by atoms with E-state index in [1.54, 1.807) is 6.20 Å². The fourth-order valence-electron chi connectivity index (χ4n) is 6.10. The second kappa shape index (κ2) is 11.6. The topological polar surface area (TPSA) is 90.6 Å². The summed E-state index contributed by atoms with van der Waals surface area (Å²) in [5.41, 5.74) is 5.47. The number of rotatable bonds is 9. The highest BCUT2D eigenvalue weighted by Gasteiger charge is 2.30. The van der Waals surface area contributed by atoms with E-state index in [4.69, 9.17) is 4.74 Å². The standard InChI is InChI=1S/C31H37N5O3/c37-30(36-17-3-5-24(36)21-35-15-1-2-16-35)6-4-18-39-25-9-7-22(8-10-25)28-19-23(11-13-32-28)29-20-26-27(34-29)12-14-33-31(26)38/h7-11,13,19-20,24,34H,1-6,12,14-18,21H2,(H,33,38)/t24-/m1/s1. The van der Waals surface area contributed by atoms with Crippen LogP contribution in [0, 0.1) is 0 Å². The van der Waals surface area contributed by atoms with Crippen LogP contribution in [-0.4, -0.2) is 77.0 Å². The number of H-pyrrole nitrogens is 1. The van der Waals surface area contributed by atoms with Gasteiger partial charge in [-0.25, -0.2) is 0 Å². The number of hydrogen-bond donors (Lipinski definition) is 2. The Morgan fingerprint density at radius 1 is 1.03 bits per heavy atom. The fraction of sp³-hybridized carbons (Fsp3) is 0.452. The Balaban J connectivity index is 1.00. The molecular formula is C31H37N5O3. The average Bonchev–Trinajstić information content (AvgIpc) is 3.74. The van der Waals surface area contributed by atoms with Crippen molar-refractivity contribution in [3.05, 3.63) is 59.9 Å². The SMILES string of the molecule is O=C1NCCc2[nH]c(-c3ccnc(-c4ccc(OCCCC(=O)N5CCC[C@@H]5CN5CCCC5)cc4)c3)cc21. The molecule has 3 aliphatic rings. The molecule has 0 unspecified atom stereocenters. The molecule has 2 fully saturated rings. The molecule has 2 saturated heterocycles. The number of aromatic amines is 1. The van der Waals surface area contributed by atoms with Crippen molar-refractivity contribution in [2.45, 2.75) is 51.0 Å². The van der Waals surface area contributed by atoms with Gasteiger partial charge in [0, 0.05) is 67.2 Å². The predicted octanol–water partition coefficient (Wildman–Crippen LogP) is 4.28. The molecule has 3 aliphatic heterocycles. The molecule has 6 rings (SSSR count). The van der Waals surface area contributed by atoms with Gasteiger partial charge in [0.05, 0.1) is 17.9 Å². The molecule has 0 bridgehead atoms. The fourth-order valence-corrected chi connectivity index (χ4v) is 6.10. The van der Waals surface area contributed by atoms with E-state index in [0.29, 0.717) is 25.6 Å². The van der Waals surface area contributed by atoms with Crippen LogP contribution >= 0.6 is 0 Å². The first-order valence-electron chi connectivity index (χ1n) is 14.4. The second-order valence-corrected chi connectivity index (χ2v) is 10.9. The Labute approximate surface area is 229 Å². The molecule has 39 heavy (non-hydrogen) atoms. The first kappa shape index (κ1) is 25.6. The molecule has 3 aromatic rings. The average molecular weight is 528 g/mol. The normalized spacial score (nSPS) is 19.2. The highest BCUT2D eigenvalue weighted by Crippen LogP contribution is 2.28. The summed E-state index contributed by atoms with van der Waals surface area (Å²) in [6, 6.07) is 14.2. The molecule has 5 heterocycles. The van der Waals surface area contributed by atoms with Gasteiger partial charge in [0.25, 0.3) is 5.91 Å². The number of fused-ring (bicyclic) bond motifs is 1. The molecule has 8 nitrogen and oxygen atoms in total. The Bertz CT molecular complexity index is 1310. The molecular weight excluding hydrogens is 490 g/mol. The zero-order valence-corrected chi connectivity index (χ0v) is 22.5. The van der Waals surface area contributed by atoms with Crippen LogP contribution in [0.15, 0.2) is 48.7 Å². The highest BCUT2D eigenvalue weighted by molar-refractivity contribution is 5.97. The lowest BCUT2D eigenvalue weighted by Crippen LogP contribution is -2.42. The quantitative estimate of drug-likeness (QED) is 0.406. The van der Waals surface area contributed by atoms with Gasteiger partial charge < -0.3 is 24.8 Å². The Hall–Kier alpha value is -3.65. The number of carbonyl (C=O) groups excluding carboxylic acids is 2. The molecule has 2 amide bonds. The van der Waals surface area contributed by atoms with Crippen LogP contribution in [0.1, 0.15) is 54.6 Å². The number of ether oxygens (including phenoxy) is 1. The van der Waals surface area contributed by atoms with E-state index < -0.39 is 0 Å². The maximum Gasteiger partial charge on any atom is 0.253 e. The van der Waals surface area contributed by atoms with Crippen molar-refractivity contribution in [3.8, 4) is 28.3 Å². The smallest absolute Gasteiger partial charge is 0.253 e. The van der Waals surface area contributed by atoms with E-state index in [1.165, 1.54) is 25.9 Å². The molecule has 0 spiro atoms. The zero-order valence-electron chi connectivity index (χ0n) is 22.5. The minimum Gasteiger partial charge on any atom is -0.494 e. The number of likely N-dealkylation sites (tertiary alicyclic amines) is 2. The summed E-state index contributed by atoms with van der Waals surface area (Å²) in [6.07, 6.45) is 8.69. The van der Waals surface area contributed by atoms with Gasteiger partial charge in [0.2, 0.25) is 5.91 Å². The van der Waals surface area contributed by atoms with Crippen LogP contribution in [0.25, 0.3) is 22.5 Å². The maximum absolute atomic E-state index is 12.9.